The third-order valence-corrected chi connectivity index (χ3v) is 3.01. The van der Waals surface area contributed by atoms with Gasteiger partial charge in [0, 0.05) is 12.6 Å². The first-order valence-electron chi connectivity index (χ1n) is 6.41. The van der Waals surface area contributed by atoms with E-state index >= 15 is 0 Å². The minimum absolute atomic E-state index is 0.226. The summed E-state index contributed by atoms with van der Waals surface area (Å²) >= 11 is 0. The zero-order chi connectivity index (χ0) is 10.9. The number of aliphatic hydroxyl groups is 1. The highest BCUT2D eigenvalue weighted by molar-refractivity contribution is 4.71. The predicted molar refractivity (Wildman–Crippen MR) is 64.0 cm³/mol. The maximum atomic E-state index is 9.03. The Kier molecular flexibility index (Phi) is 6.98. The summed E-state index contributed by atoms with van der Waals surface area (Å²) in [5, 5.41) is 15.9. The molecule has 0 bridgehead atoms. The van der Waals surface area contributed by atoms with Gasteiger partial charge in [-0.1, -0.05) is 19.3 Å². The second-order valence-electron chi connectivity index (χ2n) is 4.70. The third kappa shape index (κ3) is 6.88. The molecule has 1 saturated carbocycles. The summed E-state index contributed by atoms with van der Waals surface area (Å²) in [6, 6.07) is 0.774. The van der Waals surface area contributed by atoms with Crippen molar-refractivity contribution in [1.82, 2.24) is 10.6 Å². The minimum atomic E-state index is -0.226. The van der Waals surface area contributed by atoms with Crippen LogP contribution in [0.5, 0.6) is 0 Å². The van der Waals surface area contributed by atoms with Crippen molar-refractivity contribution < 1.29 is 5.11 Å². The van der Waals surface area contributed by atoms with Crippen molar-refractivity contribution in [3.8, 4) is 0 Å². The molecule has 0 heterocycles. The maximum Gasteiger partial charge on any atom is 0.0636 e. The Morgan fingerprint density at radius 2 is 1.93 bits per heavy atom. The normalized spacial score (nSPS) is 20.4. The molecule has 0 radical (unpaired) electrons. The molecule has 0 saturated heterocycles. The summed E-state index contributed by atoms with van der Waals surface area (Å²) in [4.78, 5) is 0. The van der Waals surface area contributed by atoms with Gasteiger partial charge >= 0.3 is 0 Å². The van der Waals surface area contributed by atoms with Crippen LogP contribution in [-0.2, 0) is 0 Å². The van der Waals surface area contributed by atoms with Crippen LogP contribution in [-0.4, -0.2) is 36.9 Å². The van der Waals surface area contributed by atoms with Crippen LogP contribution < -0.4 is 10.6 Å². The first kappa shape index (κ1) is 12.9. The number of hydrogen-bond acceptors (Lipinski definition) is 3. The summed E-state index contributed by atoms with van der Waals surface area (Å²) in [5.41, 5.74) is 0. The molecule has 1 aliphatic carbocycles. The Labute approximate surface area is 93.6 Å². The fraction of sp³-hybridized carbons (Fsp3) is 1.00. The van der Waals surface area contributed by atoms with Crippen molar-refractivity contribution >= 4 is 0 Å². The van der Waals surface area contributed by atoms with Gasteiger partial charge in [0.05, 0.1) is 6.10 Å². The van der Waals surface area contributed by atoms with Gasteiger partial charge in [-0.05, 0) is 39.3 Å². The average Bonchev–Trinajstić information content (AvgIpc) is 2.24. The van der Waals surface area contributed by atoms with E-state index in [2.05, 4.69) is 10.6 Å². The van der Waals surface area contributed by atoms with Gasteiger partial charge in [0.25, 0.3) is 0 Å². The molecule has 90 valence electrons. The minimum Gasteiger partial charge on any atom is -0.392 e. The summed E-state index contributed by atoms with van der Waals surface area (Å²) in [5.74, 6) is 0. The summed E-state index contributed by atoms with van der Waals surface area (Å²) < 4.78 is 0. The number of hydrogen-bond donors (Lipinski definition) is 3. The van der Waals surface area contributed by atoms with E-state index in [9.17, 15) is 0 Å². The smallest absolute Gasteiger partial charge is 0.0636 e. The molecule has 3 heteroatoms. The summed E-state index contributed by atoms with van der Waals surface area (Å²) in [7, 11) is 0. The molecule has 3 nitrogen and oxygen atoms in total. The standard InChI is InChI=1S/C12H26N2O/c1-11(15)10-13-8-5-9-14-12-6-3-2-4-7-12/h11-15H,2-10H2,1H3. The summed E-state index contributed by atoms with van der Waals surface area (Å²) in [6.07, 6.45) is 7.88. The Bertz CT molecular complexity index is 145. The molecule has 0 aliphatic heterocycles. The molecular weight excluding hydrogens is 188 g/mol. The van der Waals surface area contributed by atoms with Gasteiger partial charge in [-0.3, -0.25) is 0 Å². The van der Waals surface area contributed by atoms with Crippen LogP contribution in [0, 0.1) is 0 Å². The van der Waals surface area contributed by atoms with Crippen LogP contribution in [0.3, 0.4) is 0 Å². The largest absolute Gasteiger partial charge is 0.392 e. The molecule has 0 aromatic heterocycles. The zero-order valence-electron chi connectivity index (χ0n) is 9.97. The van der Waals surface area contributed by atoms with E-state index < -0.39 is 0 Å². The topological polar surface area (TPSA) is 44.3 Å². The summed E-state index contributed by atoms with van der Waals surface area (Å²) in [6.45, 7) is 4.64. The van der Waals surface area contributed by atoms with Gasteiger partial charge in [0.15, 0.2) is 0 Å². The highest BCUT2D eigenvalue weighted by Gasteiger charge is 2.11. The van der Waals surface area contributed by atoms with E-state index in [0.29, 0.717) is 6.54 Å². The van der Waals surface area contributed by atoms with Gasteiger partial charge < -0.3 is 15.7 Å². The van der Waals surface area contributed by atoms with Gasteiger partial charge in [0.1, 0.15) is 0 Å². The Hall–Kier alpha value is -0.120. The fourth-order valence-electron chi connectivity index (χ4n) is 2.14. The molecule has 1 unspecified atom stereocenters. The van der Waals surface area contributed by atoms with Gasteiger partial charge in [0.2, 0.25) is 0 Å². The van der Waals surface area contributed by atoms with E-state index in [1.165, 1.54) is 32.1 Å². The van der Waals surface area contributed by atoms with Gasteiger partial charge in [-0.2, -0.15) is 0 Å². The molecule has 0 aromatic rings. The average molecular weight is 214 g/mol. The molecule has 0 amide bonds. The number of rotatable bonds is 7. The van der Waals surface area contributed by atoms with E-state index in [1.807, 2.05) is 6.92 Å². The van der Waals surface area contributed by atoms with Crippen LogP contribution in [0.15, 0.2) is 0 Å². The lowest BCUT2D eigenvalue weighted by molar-refractivity contribution is 0.191. The molecule has 0 aromatic carbocycles. The zero-order valence-corrected chi connectivity index (χ0v) is 9.97. The number of nitrogens with one attached hydrogen (secondary N) is 2. The van der Waals surface area contributed by atoms with Crippen molar-refractivity contribution in [3.05, 3.63) is 0 Å². The molecule has 1 fully saturated rings. The van der Waals surface area contributed by atoms with Crippen LogP contribution in [0.1, 0.15) is 45.4 Å². The van der Waals surface area contributed by atoms with Crippen LogP contribution in [0.25, 0.3) is 0 Å². The van der Waals surface area contributed by atoms with E-state index in [0.717, 1.165) is 25.6 Å². The molecule has 0 spiro atoms. The van der Waals surface area contributed by atoms with Crippen molar-refractivity contribution in [3.63, 3.8) is 0 Å². The van der Waals surface area contributed by atoms with Gasteiger partial charge in [-0.15, -0.1) is 0 Å². The Balaban J connectivity index is 1.83. The second-order valence-corrected chi connectivity index (χ2v) is 4.70. The lowest BCUT2D eigenvalue weighted by Gasteiger charge is -2.22. The second kappa shape index (κ2) is 8.08. The molecule has 15 heavy (non-hydrogen) atoms. The highest BCUT2D eigenvalue weighted by atomic mass is 16.3. The molecule has 1 atom stereocenters. The molecule has 3 N–H and O–H groups in total. The molecular formula is C12H26N2O. The Morgan fingerprint density at radius 3 is 2.60 bits per heavy atom. The van der Waals surface area contributed by atoms with Crippen LogP contribution >= 0.6 is 0 Å². The van der Waals surface area contributed by atoms with Crippen molar-refractivity contribution in [1.29, 1.82) is 0 Å². The van der Waals surface area contributed by atoms with Crippen LogP contribution in [0.2, 0.25) is 0 Å². The lowest BCUT2D eigenvalue weighted by atomic mass is 9.95. The number of aliphatic hydroxyl groups excluding tert-OH is 1. The van der Waals surface area contributed by atoms with Crippen LogP contribution in [0.4, 0.5) is 0 Å². The van der Waals surface area contributed by atoms with Crippen molar-refractivity contribution in [2.45, 2.75) is 57.6 Å². The SMILES string of the molecule is CC(O)CNCCCNC1CCCCC1. The van der Waals surface area contributed by atoms with E-state index in [4.69, 9.17) is 5.11 Å². The highest BCUT2D eigenvalue weighted by Crippen LogP contribution is 2.16. The first-order chi connectivity index (χ1) is 7.29. The first-order valence-corrected chi connectivity index (χ1v) is 6.41. The third-order valence-electron chi connectivity index (χ3n) is 3.01. The van der Waals surface area contributed by atoms with Gasteiger partial charge in [-0.25, -0.2) is 0 Å². The fourth-order valence-corrected chi connectivity index (χ4v) is 2.14. The predicted octanol–water partition coefficient (Wildman–Crippen LogP) is 1.27. The maximum absolute atomic E-state index is 9.03. The van der Waals surface area contributed by atoms with E-state index in [-0.39, 0.29) is 6.10 Å². The van der Waals surface area contributed by atoms with Crippen molar-refractivity contribution in [2.75, 3.05) is 19.6 Å². The molecule has 1 rings (SSSR count). The Morgan fingerprint density at radius 1 is 1.20 bits per heavy atom. The quantitative estimate of drug-likeness (QED) is 0.559. The van der Waals surface area contributed by atoms with Crippen molar-refractivity contribution in [2.24, 2.45) is 0 Å². The molecule has 1 aliphatic rings. The van der Waals surface area contributed by atoms with E-state index in [1.54, 1.807) is 0 Å². The monoisotopic (exact) mass is 214 g/mol. The lowest BCUT2D eigenvalue weighted by Crippen LogP contribution is -2.33.